The van der Waals surface area contributed by atoms with Gasteiger partial charge in [-0.25, -0.2) is 4.98 Å². The highest BCUT2D eigenvalue weighted by molar-refractivity contribution is 5.86. The van der Waals surface area contributed by atoms with Crippen LogP contribution in [0.15, 0.2) is 24.3 Å². The number of benzene rings is 1. The van der Waals surface area contributed by atoms with Gasteiger partial charge in [0.25, 0.3) is 0 Å². The van der Waals surface area contributed by atoms with Crippen molar-refractivity contribution in [1.82, 2.24) is 4.98 Å². The lowest BCUT2D eigenvalue weighted by Crippen LogP contribution is -2.08. The highest BCUT2D eigenvalue weighted by Crippen LogP contribution is 2.35. The normalized spacial score (nSPS) is 12.0. The molecule has 0 unspecified atom stereocenters. The summed E-state index contributed by atoms with van der Waals surface area (Å²) in [5.41, 5.74) is 5.62. The summed E-state index contributed by atoms with van der Waals surface area (Å²) in [5.74, 6) is -0.117. The topological polar surface area (TPSA) is 38.9 Å². The maximum atomic E-state index is 12.7. The van der Waals surface area contributed by atoms with E-state index in [0.717, 1.165) is 6.07 Å². The zero-order valence-electron chi connectivity index (χ0n) is 8.47. The Labute approximate surface area is 89.9 Å². The minimum atomic E-state index is -4.41. The Kier molecular flexibility index (Phi) is 2.26. The van der Waals surface area contributed by atoms with Gasteiger partial charge in [-0.3, -0.25) is 0 Å². The molecule has 0 aliphatic rings. The third kappa shape index (κ3) is 1.68. The minimum absolute atomic E-state index is 0.0849. The molecular formula is C11H9F3N2. The number of nitrogens with zero attached hydrogens (tertiary/aromatic N) is 1. The third-order valence-electron chi connectivity index (χ3n) is 2.37. The minimum Gasteiger partial charge on any atom is -0.384 e. The fourth-order valence-electron chi connectivity index (χ4n) is 1.65. The number of fused-ring (bicyclic) bond motifs is 1. The molecule has 0 aliphatic carbocycles. The van der Waals surface area contributed by atoms with Crippen LogP contribution in [0.3, 0.4) is 0 Å². The second-order valence-corrected chi connectivity index (χ2v) is 3.56. The summed E-state index contributed by atoms with van der Waals surface area (Å²) in [5, 5.41) is 0.0849. The number of aromatic nitrogens is 1. The Bertz CT molecular complexity index is 547. The summed E-state index contributed by atoms with van der Waals surface area (Å²) >= 11 is 0. The van der Waals surface area contributed by atoms with Crippen LogP contribution in [0.25, 0.3) is 10.9 Å². The van der Waals surface area contributed by atoms with E-state index in [1.165, 1.54) is 6.07 Å². The Balaban J connectivity index is 2.89. The zero-order chi connectivity index (χ0) is 11.9. The van der Waals surface area contributed by atoms with Crippen LogP contribution in [-0.4, -0.2) is 4.98 Å². The second kappa shape index (κ2) is 3.37. The number of anilines is 1. The summed E-state index contributed by atoms with van der Waals surface area (Å²) < 4.78 is 38.2. The lowest BCUT2D eigenvalue weighted by Gasteiger charge is -2.11. The molecule has 0 aliphatic heterocycles. The monoisotopic (exact) mass is 226 g/mol. The van der Waals surface area contributed by atoms with Gasteiger partial charge in [0.2, 0.25) is 0 Å². The zero-order valence-corrected chi connectivity index (χ0v) is 8.47. The predicted octanol–water partition coefficient (Wildman–Crippen LogP) is 3.14. The molecule has 0 saturated heterocycles. The van der Waals surface area contributed by atoms with Crippen molar-refractivity contribution in [3.05, 3.63) is 35.4 Å². The average molecular weight is 226 g/mol. The maximum Gasteiger partial charge on any atom is 0.417 e. The number of alkyl halides is 3. The molecule has 0 radical (unpaired) electrons. The van der Waals surface area contributed by atoms with Crippen LogP contribution in [-0.2, 0) is 6.18 Å². The Morgan fingerprint density at radius 1 is 1.25 bits per heavy atom. The van der Waals surface area contributed by atoms with Crippen molar-refractivity contribution < 1.29 is 13.2 Å². The molecule has 0 fully saturated rings. The number of halogens is 3. The van der Waals surface area contributed by atoms with E-state index in [9.17, 15) is 13.2 Å². The van der Waals surface area contributed by atoms with Gasteiger partial charge in [-0.2, -0.15) is 13.2 Å². The maximum absolute atomic E-state index is 12.7. The Morgan fingerprint density at radius 3 is 2.56 bits per heavy atom. The molecular weight excluding hydrogens is 217 g/mol. The van der Waals surface area contributed by atoms with E-state index in [4.69, 9.17) is 5.73 Å². The standard InChI is InChI=1S/C11H9F3N2/c1-6-3-2-4-7-8(11(12,13)14)5-9(15)16-10(6)7/h2-5H,1H3,(H2,15,16). The molecule has 0 spiro atoms. The lowest BCUT2D eigenvalue weighted by atomic mass is 10.1. The smallest absolute Gasteiger partial charge is 0.384 e. The van der Waals surface area contributed by atoms with Crippen LogP contribution >= 0.6 is 0 Å². The number of nitrogens with two attached hydrogens (primary N) is 1. The SMILES string of the molecule is Cc1cccc2c(C(F)(F)F)cc(N)nc12. The Morgan fingerprint density at radius 2 is 1.94 bits per heavy atom. The van der Waals surface area contributed by atoms with E-state index in [1.54, 1.807) is 19.1 Å². The molecule has 0 saturated carbocycles. The van der Waals surface area contributed by atoms with Gasteiger partial charge in [0.05, 0.1) is 11.1 Å². The molecule has 1 aromatic heterocycles. The molecule has 2 rings (SSSR count). The number of aryl methyl sites for hydroxylation is 1. The van der Waals surface area contributed by atoms with Crippen LogP contribution < -0.4 is 5.73 Å². The van der Waals surface area contributed by atoms with E-state index in [1.807, 2.05) is 0 Å². The van der Waals surface area contributed by atoms with Crippen molar-refractivity contribution in [2.45, 2.75) is 13.1 Å². The summed E-state index contributed by atoms with van der Waals surface area (Å²) in [7, 11) is 0. The fourth-order valence-corrected chi connectivity index (χ4v) is 1.65. The molecule has 2 aromatic rings. The van der Waals surface area contributed by atoms with Gasteiger partial charge in [0.1, 0.15) is 5.82 Å². The molecule has 0 bridgehead atoms. The third-order valence-corrected chi connectivity index (χ3v) is 2.37. The molecule has 1 heterocycles. The molecule has 0 atom stereocenters. The van der Waals surface area contributed by atoms with Gasteiger partial charge in [-0.15, -0.1) is 0 Å². The number of nitrogen functional groups attached to an aromatic ring is 1. The number of pyridine rings is 1. The highest BCUT2D eigenvalue weighted by atomic mass is 19.4. The molecule has 0 amide bonds. The molecule has 5 heteroatoms. The van der Waals surface area contributed by atoms with Crippen molar-refractivity contribution in [1.29, 1.82) is 0 Å². The van der Waals surface area contributed by atoms with Crippen molar-refractivity contribution >= 4 is 16.7 Å². The van der Waals surface area contributed by atoms with Gasteiger partial charge in [0, 0.05) is 5.39 Å². The van der Waals surface area contributed by atoms with Gasteiger partial charge >= 0.3 is 6.18 Å². The molecule has 16 heavy (non-hydrogen) atoms. The quantitative estimate of drug-likeness (QED) is 0.749. The van der Waals surface area contributed by atoms with Gasteiger partial charge in [0.15, 0.2) is 0 Å². The molecule has 2 N–H and O–H groups in total. The molecule has 1 aromatic carbocycles. The van der Waals surface area contributed by atoms with Gasteiger partial charge in [-0.05, 0) is 18.6 Å². The number of hydrogen-bond donors (Lipinski definition) is 1. The van der Waals surface area contributed by atoms with Crippen molar-refractivity contribution in [2.75, 3.05) is 5.73 Å². The van der Waals surface area contributed by atoms with E-state index < -0.39 is 11.7 Å². The first-order valence-electron chi connectivity index (χ1n) is 4.62. The van der Waals surface area contributed by atoms with E-state index in [-0.39, 0.29) is 11.2 Å². The highest BCUT2D eigenvalue weighted by Gasteiger charge is 2.33. The summed E-state index contributed by atoms with van der Waals surface area (Å²) in [4.78, 5) is 3.93. The molecule has 84 valence electrons. The van der Waals surface area contributed by atoms with Crippen LogP contribution in [0.5, 0.6) is 0 Å². The lowest BCUT2D eigenvalue weighted by molar-refractivity contribution is -0.136. The van der Waals surface area contributed by atoms with E-state index in [0.29, 0.717) is 11.1 Å². The van der Waals surface area contributed by atoms with Crippen LogP contribution in [0, 0.1) is 6.92 Å². The van der Waals surface area contributed by atoms with E-state index in [2.05, 4.69) is 4.98 Å². The van der Waals surface area contributed by atoms with Crippen molar-refractivity contribution in [2.24, 2.45) is 0 Å². The van der Waals surface area contributed by atoms with Crippen LogP contribution in [0.4, 0.5) is 19.0 Å². The summed E-state index contributed by atoms with van der Waals surface area (Å²) in [6, 6.07) is 5.54. The van der Waals surface area contributed by atoms with Gasteiger partial charge < -0.3 is 5.73 Å². The number of rotatable bonds is 0. The molecule has 2 nitrogen and oxygen atoms in total. The second-order valence-electron chi connectivity index (χ2n) is 3.56. The summed E-state index contributed by atoms with van der Waals surface area (Å²) in [6.07, 6.45) is -4.41. The first-order chi connectivity index (χ1) is 7.39. The predicted molar refractivity (Wildman–Crippen MR) is 55.9 cm³/mol. The fraction of sp³-hybridized carbons (Fsp3) is 0.182. The Hall–Kier alpha value is -1.78. The summed E-state index contributed by atoms with van der Waals surface area (Å²) in [6.45, 7) is 1.70. The first-order valence-corrected chi connectivity index (χ1v) is 4.62. The van der Waals surface area contributed by atoms with Gasteiger partial charge in [-0.1, -0.05) is 18.2 Å². The first kappa shape index (κ1) is 10.7. The van der Waals surface area contributed by atoms with Crippen molar-refractivity contribution in [3.8, 4) is 0 Å². The number of hydrogen-bond acceptors (Lipinski definition) is 2. The van der Waals surface area contributed by atoms with Crippen LogP contribution in [0.2, 0.25) is 0 Å². The largest absolute Gasteiger partial charge is 0.417 e. The average Bonchev–Trinajstić information content (AvgIpc) is 2.17. The van der Waals surface area contributed by atoms with Crippen molar-refractivity contribution in [3.63, 3.8) is 0 Å². The van der Waals surface area contributed by atoms with Crippen LogP contribution in [0.1, 0.15) is 11.1 Å². The van der Waals surface area contributed by atoms with E-state index >= 15 is 0 Å². The number of para-hydroxylation sites is 1.